The molecule has 6 nitrogen and oxygen atoms in total. The van der Waals surface area contributed by atoms with Crippen molar-refractivity contribution in [2.24, 2.45) is 0 Å². The maximum absolute atomic E-state index is 12.7. The first-order valence-electron chi connectivity index (χ1n) is 8.87. The number of ether oxygens (including phenoxy) is 1. The smallest absolute Gasteiger partial charge is 0.317 e. The van der Waals surface area contributed by atoms with E-state index in [9.17, 15) is 9.59 Å². The number of nitrogens with one attached hydrogen (secondary N) is 1. The van der Waals surface area contributed by atoms with E-state index in [1.165, 1.54) is 0 Å². The van der Waals surface area contributed by atoms with Crippen LogP contribution < -0.4 is 10.1 Å². The third-order valence-corrected chi connectivity index (χ3v) is 4.33. The van der Waals surface area contributed by atoms with Gasteiger partial charge in [0.05, 0.1) is 13.5 Å². The number of nitrogens with zero attached hydrogens (tertiary/aromatic N) is 2. The molecule has 1 aromatic rings. The molecule has 1 aliphatic heterocycles. The fraction of sp³-hybridized carbons (Fsp3) is 0.579. The van der Waals surface area contributed by atoms with Crippen molar-refractivity contribution in [1.82, 2.24) is 15.1 Å². The van der Waals surface area contributed by atoms with Crippen LogP contribution in [0.1, 0.15) is 31.4 Å². The lowest BCUT2D eigenvalue weighted by molar-refractivity contribution is -0.130. The number of aryl methyl sites for hydroxylation is 1. The van der Waals surface area contributed by atoms with Crippen LogP contribution in [-0.4, -0.2) is 61.1 Å². The van der Waals surface area contributed by atoms with E-state index in [-0.39, 0.29) is 18.0 Å². The van der Waals surface area contributed by atoms with E-state index < -0.39 is 0 Å². The van der Waals surface area contributed by atoms with Gasteiger partial charge in [0.2, 0.25) is 5.91 Å². The van der Waals surface area contributed by atoms with Crippen LogP contribution >= 0.6 is 0 Å². The first-order valence-corrected chi connectivity index (χ1v) is 8.87. The van der Waals surface area contributed by atoms with Gasteiger partial charge in [-0.3, -0.25) is 4.79 Å². The molecule has 0 spiro atoms. The second-order valence-corrected chi connectivity index (χ2v) is 6.82. The summed E-state index contributed by atoms with van der Waals surface area (Å²) < 4.78 is 5.37. The maximum atomic E-state index is 12.7. The van der Waals surface area contributed by atoms with E-state index in [4.69, 9.17) is 4.74 Å². The SMILES string of the molecule is COc1ccc(C)cc1CC(=O)N1CCCN(C(=O)NC(C)C)CC1. The minimum Gasteiger partial charge on any atom is -0.496 e. The second-order valence-electron chi connectivity index (χ2n) is 6.82. The molecule has 6 heteroatoms. The van der Waals surface area contributed by atoms with Crippen LogP contribution in [0.25, 0.3) is 0 Å². The van der Waals surface area contributed by atoms with Gasteiger partial charge in [0.1, 0.15) is 5.75 Å². The molecule has 0 unspecified atom stereocenters. The van der Waals surface area contributed by atoms with E-state index in [1.54, 1.807) is 12.0 Å². The third-order valence-electron chi connectivity index (χ3n) is 4.33. The fourth-order valence-corrected chi connectivity index (χ4v) is 3.03. The van der Waals surface area contributed by atoms with E-state index >= 15 is 0 Å². The molecule has 0 bridgehead atoms. The lowest BCUT2D eigenvalue weighted by atomic mass is 10.1. The van der Waals surface area contributed by atoms with Crippen LogP contribution in [-0.2, 0) is 11.2 Å². The van der Waals surface area contributed by atoms with Crippen molar-refractivity contribution in [2.75, 3.05) is 33.3 Å². The molecule has 0 saturated carbocycles. The zero-order chi connectivity index (χ0) is 18.4. The van der Waals surface area contributed by atoms with Crippen molar-refractivity contribution in [3.05, 3.63) is 29.3 Å². The quantitative estimate of drug-likeness (QED) is 0.908. The number of methoxy groups -OCH3 is 1. The van der Waals surface area contributed by atoms with Crippen LogP contribution in [0.3, 0.4) is 0 Å². The number of hydrogen-bond donors (Lipinski definition) is 1. The van der Waals surface area contributed by atoms with Crippen LogP contribution in [0, 0.1) is 6.92 Å². The molecule has 1 aromatic carbocycles. The third kappa shape index (κ3) is 5.37. The van der Waals surface area contributed by atoms with Crippen LogP contribution in [0.4, 0.5) is 4.79 Å². The second kappa shape index (κ2) is 8.74. The molecule has 0 aliphatic carbocycles. The predicted octanol–water partition coefficient (Wildman–Crippen LogP) is 2.20. The fourth-order valence-electron chi connectivity index (χ4n) is 3.03. The topological polar surface area (TPSA) is 61.9 Å². The van der Waals surface area contributed by atoms with E-state index in [1.807, 2.05) is 43.9 Å². The van der Waals surface area contributed by atoms with Crippen molar-refractivity contribution < 1.29 is 14.3 Å². The van der Waals surface area contributed by atoms with Crippen molar-refractivity contribution in [1.29, 1.82) is 0 Å². The summed E-state index contributed by atoms with van der Waals surface area (Å²) in [6, 6.07) is 5.94. The number of hydrogen-bond acceptors (Lipinski definition) is 3. The summed E-state index contributed by atoms with van der Waals surface area (Å²) in [4.78, 5) is 28.5. The molecule has 0 radical (unpaired) electrons. The Morgan fingerprint density at radius 2 is 1.84 bits per heavy atom. The van der Waals surface area contributed by atoms with Gasteiger partial charge in [0, 0.05) is 37.8 Å². The number of urea groups is 1. The van der Waals surface area contributed by atoms with E-state index in [2.05, 4.69) is 5.32 Å². The molecule has 1 saturated heterocycles. The van der Waals surface area contributed by atoms with Crippen molar-refractivity contribution in [3.63, 3.8) is 0 Å². The van der Waals surface area contributed by atoms with Gasteiger partial charge >= 0.3 is 6.03 Å². The Labute approximate surface area is 150 Å². The van der Waals surface area contributed by atoms with Crippen LogP contribution in [0.2, 0.25) is 0 Å². The summed E-state index contributed by atoms with van der Waals surface area (Å²) in [5, 5.41) is 2.91. The van der Waals surface area contributed by atoms with E-state index in [0.29, 0.717) is 32.6 Å². The Bertz CT molecular complexity index is 616. The molecule has 25 heavy (non-hydrogen) atoms. The molecule has 0 aromatic heterocycles. The standard InChI is InChI=1S/C19H29N3O3/c1-14(2)20-19(24)22-9-5-8-21(10-11-22)18(23)13-16-12-15(3)6-7-17(16)25-4/h6-7,12,14H,5,8-11,13H2,1-4H3,(H,20,24). The molecule has 138 valence electrons. The Morgan fingerprint density at radius 3 is 2.52 bits per heavy atom. The number of carbonyl (C=O) groups is 2. The predicted molar refractivity (Wildman–Crippen MR) is 97.9 cm³/mol. The highest BCUT2D eigenvalue weighted by Crippen LogP contribution is 2.21. The van der Waals surface area contributed by atoms with Gasteiger partial charge in [-0.05, 0) is 33.3 Å². The van der Waals surface area contributed by atoms with Gasteiger partial charge in [-0.2, -0.15) is 0 Å². The van der Waals surface area contributed by atoms with Gasteiger partial charge in [-0.15, -0.1) is 0 Å². The zero-order valence-electron chi connectivity index (χ0n) is 15.7. The summed E-state index contributed by atoms with van der Waals surface area (Å²) in [7, 11) is 1.62. The Kier molecular flexibility index (Phi) is 6.67. The summed E-state index contributed by atoms with van der Waals surface area (Å²) in [5.74, 6) is 0.821. The molecular formula is C19H29N3O3. The molecule has 3 amide bonds. The van der Waals surface area contributed by atoms with Crippen molar-refractivity contribution in [2.45, 2.75) is 39.7 Å². The van der Waals surface area contributed by atoms with Crippen molar-refractivity contribution >= 4 is 11.9 Å². The molecule has 2 rings (SSSR count). The average molecular weight is 347 g/mol. The number of rotatable bonds is 4. The maximum Gasteiger partial charge on any atom is 0.317 e. The Morgan fingerprint density at radius 1 is 1.16 bits per heavy atom. The lowest BCUT2D eigenvalue weighted by Crippen LogP contribution is -2.45. The Balaban J connectivity index is 1.97. The molecule has 1 fully saturated rings. The molecular weight excluding hydrogens is 318 g/mol. The number of amides is 3. The van der Waals surface area contributed by atoms with Crippen LogP contribution in [0.15, 0.2) is 18.2 Å². The van der Waals surface area contributed by atoms with Crippen LogP contribution in [0.5, 0.6) is 5.75 Å². The average Bonchev–Trinajstić information content (AvgIpc) is 2.80. The van der Waals surface area contributed by atoms with Gasteiger partial charge in [0.25, 0.3) is 0 Å². The Hall–Kier alpha value is -2.24. The highest BCUT2D eigenvalue weighted by molar-refractivity contribution is 5.80. The van der Waals surface area contributed by atoms with Gasteiger partial charge < -0.3 is 19.9 Å². The van der Waals surface area contributed by atoms with Crippen molar-refractivity contribution in [3.8, 4) is 5.75 Å². The molecule has 1 N–H and O–H groups in total. The minimum absolute atomic E-state index is 0.0512. The molecule has 1 aliphatic rings. The monoisotopic (exact) mass is 347 g/mol. The number of carbonyl (C=O) groups excluding carboxylic acids is 2. The number of benzene rings is 1. The summed E-state index contributed by atoms with van der Waals surface area (Å²) in [6.45, 7) is 8.38. The van der Waals surface area contributed by atoms with Gasteiger partial charge in [-0.25, -0.2) is 4.79 Å². The summed E-state index contributed by atoms with van der Waals surface area (Å²) in [5.41, 5.74) is 2.02. The normalized spacial score (nSPS) is 15.1. The minimum atomic E-state index is -0.0512. The van der Waals surface area contributed by atoms with Gasteiger partial charge in [0.15, 0.2) is 0 Å². The highest BCUT2D eigenvalue weighted by Gasteiger charge is 2.23. The molecule has 0 atom stereocenters. The summed E-state index contributed by atoms with van der Waals surface area (Å²) >= 11 is 0. The summed E-state index contributed by atoms with van der Waals surface area (Å²) in [6.07, 6.45) is 1.12. The first kappa shape index (κ1) is 19.1. The lowest BCUT2D eigenvalue weighted by Gasteiger charge is -2.23. The molecule has 1 heterocycles. The van der Waals surface area contributed by atoms with Gasteiger partial charge in [-0.1, -0.05) is 17.7 Å². The largest absolute Gasteiger partial charge is 0.496 e. The highest BCUT2D eigenvalue weighted by atomic mass is 16.5. The van der Waals surface area contributed by atoms with E-state index in [0.717, 1.165) is 23.3 Å². The zero-order valence-corrected chi connectivity index (χ0v) is 15.7. The first-order chi connectivity index (χ1) is 11.9.